The van der Waals surface area contributed by atoms with Gasteiger partial charge in [-0.1, -0.05) is 6.92 Å². The first-order chi connectivity index (χ1) is 8.88. The van der Waals surface area contributed by atoms with Gasteiger partial charge in [-0.2, -0.15) is 18.2 Å². The van der Waals surface area contributed by atoms with Crippen LogP contribution in [0.1, 0.15) is 26.2 Å². The summed E-state index contributed by atoms with van der Waals surface area (Å²) in [5.74, 6) is -1.19. The lowest BCUT2D eigenvalue weighted by Crippen LogP contribution is -2.39. The summed E-state index contributed by atoms with van der Waals surface area (Å²) in [6.45, 7) is 2.48. The second-order valence-electron chi connectivity index (χ2n) is 4.52. The minimum atomic E-state index is -4.42. The lowest BCUT2D eigenvalue weighted by Gasteiger charge is -2.21. The second-order valence-corrected chi connectivity index (χ2v) is 4.52. The van der Waals surface area contributed by atoms with E-state index in [1.807, 2.05) is 6.92 Å². The van der Waals surface area contributed by atoms with Crippen LogP contribution >= 0.6 is 0 Å². The van der Waals surface area contributed by atoms with Crippen LogP contribution in [-0.4, -0.2) is 28.2 Å². The summed E-state index contributed by atoms with van der Waals surface area (Å²) in [6.07, 6.45) is -2.90. The molecule has 0 spiro atoms. The number of hydrogen-bond acceptors (Lipinski definition) is 4. The maximum absolute atomic E-state index is 13.5. The van der Waals surface area contributed by atoms with E-state index in [4.69, 9.17) is 0 Å². The molecular formula is C11H14F4N4. The quantitative estimate of drug-likeness (QED) is 0.813. The summed E-state index contributed by atoms with van der Waals surface area (Å²) >= 11 is 0. The summed E-state index contributed by atoms with van der Waals surface area (Å²) in [4.78, 5) is 7.41. The molecule has 1 aliphatic rings. The van der Waals surface area contributed by atoms with Crippen molar-refractivity contribution in [1.29, 1.82) is 0 Å². The fourth-order valence-electron chi connectivity index (χ4n) is 1.61. The van der Waals surface area contributed by atoms with E-state index in [1.54, 1.807) is 0 Å². The maximum atomic E-state index is 13.5. The van der Waals surface area contributed by atoms with Gasteiger partial charge in [0.1, 0.15) is 5.54 Å². The topological polar surface area (TPSA) is 49.8 Å². The lowest BCUT2D eigenvalue weighted by atomic mass is 10.2. The fourth-order valence-corrected chi connectivity index (χ4v) is 1.61. The molecule has 8 heteroatoms. The minimum absolute atomic E-state index is 0.0718. The molecular weight excluding hydrogens is 264 g/mol. The van der Waals surface area contributed by atoms with Crippen LogP contribution < -0.4 is 10.6 Å². The molecule has 1 fully saturated rings. The van der Waals surface area contributed by atoms with Crippen molar-refractivity contribution in [2.75, 3.05) is 17.2 Å². The van der Waals surface area contributed by atoms with Gasteiger partial charge in [-0.15, -0.1) is 0 Å². The smallest absolute Gasteiger partial charge is 0.354 e. The zero-order valence-corrected chi connectivity index (χ0v) is 10.3. The molecule has 0 aromatic carbocycles. The van der Waals surface area contributed by atoms with E-state index in [0.29, 0.717) is 6.54 Å². The first kappa shape index (κ1) is 13.8. The monoisotopic (exact) mass is 278 g/mol. The van der Waals surface area contributed by atoms with E-state index in [0.717, 1.165) is 12.6 Å². The molecule has 1 heterocycles. The average Bonchev–Trinajstić information content (AvgIpc) is 3.10. The van der Waals surface area contributed by atoms with Gasteiger partial charge in [-0.3, -0.25) is 0 Å². The van der Waals surface area contributed by atoms with Gasteiger partial charge in [0.05, 0.1) is 6.20 Å². The van der Waals surface area contributed by atoms with Gasteiger partial charge in [0.15, 0.2) is 11.6 Å². The molecule has 1 aliphatic carbocycles. The highest BCUT2D eigenvalue weighted by molar-refractivity contribution is 5.46. The highest BCUT2D eigenvalue weighted by Crippen LogP contribution is 2.51. The summed E-state index contributed by atoms with van der Waals surface area (Å²) in [5.41, 5.74) is -2.04. The Morgan fingerprint density at radius 2 is 2.05 bits per heavy atom. The first-order valence-corrected chi connectivity index (χ1v) is 5.99. The molecule has 2 N–H and O–H groups in total. The predicted octanol–water partition coefficient (Wildman–Crippen LogP) is 2.94. The van der Waals surface area contributed by atoms with Gasteiger partial charge in [-0.25, -0.2) is 9.37 Å². The van der Waals surface area contributed by atoms with Gasteiger partial charge in [0, 0.05) is 6.54 Å². The molecule has 0 radical (unpaired) electrons. The lowest BCUT2D eigenvalue weighted by molar-refractivity contribution is -0.151. The molecule has 4 nitrogen and oxygen atoms in total. The Labute approximate surface area is 107 Å². The van der Waals surface area contributed by atoms with Crippen molar-refractivity contribution in [1.82, 2.24) is 9.97 Å². The number of alkyl halides is 3. The maximum Gasteiger partial charge on any atom is 0.411 e. The van der Waals surface area contributed by atoms with Crippen LogP contribution in [0.3, 0.4) is 0 Å². The Morgan fingerprint density at radius 1 is 1.37 bits per heavy atom. The Bertz CT molecular complexity index is 456. The second kappa shape index (κ2) is 4.82. The number of anilines is 2. The Hall–Kier alpha value is -1.60. The van der Waals surface area contributed by atoms with Crippen LogP contribution in [0, 0.1) is 5.82 Å². The molecule has 0 atom stereocenters. The molecule has 1 aromatic heterocycles. The van der Waals surface area contributed by atoms with Crippen molar-refractivity contribution in [2.45, 2.75) is 37.9 Å². The van der Waals surface area contributed by atoms with Crippen LogP contribution in [0.2, 0.25) is 0 Å². The van der Waals surface area contributed by atoms with Crippen molar-refractivity contribution in [3.63, 3.8) is 0 Å². The van der Waals surface area contributed by atoms with E-state index < -0.39 is 23.4 Å². The summed E-state index contributed by atoms with van der Waals surface area (Å²) in [7, 11) is 0. The third-order valence-electron chi connectivity index (χ3n) is 2.93. The summed E-state index contributed by atoms with van der Waals surface area (Å²) in [6, 6.07) is 0. The van der Waals surface area contributed by atoms with Crippen molar-refractivity contribution in [3.8, 4) is 0 Å². The highest BCUT2D eigenvalue weighted by Gasteiger charge is 2.64. The number of halogens is 4. The highest BCUT2D eigenvalue weighted by atomic mass is 19.4. The number of nitrogens with zero attached hydrogens (tertiary/aromatic N) is 2. The van der Waals surface area contributed by atoms with Crippen molar-refractivity contribution in [2.24, 2.45) is 0 Å². The standard InChI is InChI=1S/C11H14F4N4/c1-2-5-16-9-17-6-7(12)8(18-9)19-10(3-4-10)11(13,14)15/h6H,2-5H2,1H3,(H2,16,17,18,19). The first-order valence-electron chi connectivity index (χ1n) is 5.99. The van der Waals surface area contributed by atoms with E-state index in [-0.39, 0.29) is 18.8 Å². The third kappa shape index (κ3) is 2.87. The van der Waals surface area contributed by atoms with Crippen LogP contribution in [0.25, 0.3) is 0 Å². The molecule has 19 heavy (non-hydrogen) atoms. The number of hydrogen-bond donors (Lipinski definition) is 2. The number of aromatic nitrogens is 2. The summed E-state index contributed by atoms with van der Waals surface area (Å²) in [5, 5.41) is 4.96. The molecule has 0 saturated heterocycles. The van der Waals surface area contributed by atoms with Gasteiger partial charge in [0.2, 0.25) is 5.95 Å². The minimum Gasteiger partial charge on any atom is -0.354 e. The van der Waals surface area contributed by atoms with E-state index in [2.05, 4.69) is 20.6 Å². The Kier molecular flexibility index (Phi) is 3.51. The van der Waals surface area contributed by atoms with Crippen LogP contribution in [0.4, 0.5) is 29.3 Å². The molecule has 0 amide bonds. The Morgan fingerprint density at radius 3 is 2.58 bits per heavy atom. The molecule has 0 unspecified atom stereocenters. The van der Waals surface area contributed by atoms with Crippen molar-refractivity contribution < 1.29 is 17.6 Å². The van der Waals surface area contributed by atoms with Crippen LogP contribution in [0.15, 0.2) is 6.20 Å². The molecule has 1 saturated carbocycles. The predicted molar refractivity (Wildman–Crippen MR) is 62.4 cm³/mol. The molecule has 106 valence electrons. The van der Waals surface area contributed by atoms with E-state index in [9.17, 15) is 17.6 Å². The molecule has 0 aliphatic heterocycles. The zero-order chi connectivity index (χ0) is 14.1. The van der Waals surface area contributed by atoms with Crippen molar-refractivity contribution >= 4 is 11.8 Å². The Balaban J connectivity index is 2.16. The molecule has 2 rings (SSSR count). The normalized spacial score (nSPS) is 17.1. The van der Waals surface area contributed by atoms with Gasteiger partial charge in [-0.05, 0) is 19.3 Å². The SMILES string of the molecule is CCCNc1ncc(F)c(NC2(C(F)(F)F)CC2)n1. The molecule has 0 bridgehead atoms. The number of rotatable bonds is 5. The third-order valence-corrected chi connectivity index (χ3v) is 2.93. The average molecular weight is 278 g/mol. The van der Waals surface area contributed by atoms with E-state index in [1.165, 1.54) is 0 Å². The van der Waals surface area contributed by atoms with Gasteiger partial charge >= 0.3 is 6.18 Å². The van der Waals surface area contributed by atoms with E-state index >= 15 is 0 Å². The molecule has 1 aromatic rings. The number of nitrogens with one attached hydrogen (secondary N) is 2. The van der Waals surface area contributed by atoms with Crippen LogP contribution in [-0.2, 0) is 0 Å². The zero-order valence-electron chi connectivity index (χ0n) is 10.3. The van der Waals surface area contributed by atoms with Crippen LogP contribution in [0.5, 0.6) is 0 Å². The van der Waals surface area contributed by atoms with Gasteiger partial charge in [0.25, 0.3) is 0 Å². The van der Waals surface area contributed by atoms with Crippen molar-refractivity contribution in [3.05, 3.63) is 12.0 Å². The largest absolute Gasteiger partial charge is 0.411 e. The summed E-state index contributed by atoms with van der Waals surface area (Å²) < 4.78 is 51.8. The van der Waals surface area contributed by atoms with Gasteiger partial charge < -0.3 is 10.6 Å². The fraction of sp³-hybridized carbons (Fsp3) is 0.636.